The van der Waals surface area contributed by atoms with Crippen LogP contribution in [0, 0.1) is 6.92 Å². The molecule has 2 aromatic carbocycles. The molecule has 1 heterocycles. The minimum absolute atomic E-state index is 0.152. The van der Waals surface area contributed by atoms with Crippen LogP contribution in [0.5, 0.6) is 0 Å². The van der Waals surface area contributed by atoms with Gasteiger partial charge in [0.25, 0.3) is 5.91 Å². The monoisotopic (exact) mass is 476 g/mol. The van der Waals surface area contributed by atoms with Crippen LogP contribution in [0.1, 0.15) is 16.1 Å². The van der Waals surface area contributed by atoms with Crippen LogP contribution in [0.2, 0.25) is 5.02 Å². The van der Waals surface area contributed by atoms with Crippen molar-refractivity contribution in [1.82, 2.24) is 15.1 Å². The molecule has 3 aromatic rings. The highest BCUT2D eigenvalue weighted by Crippen LogP contribution is 2.44. The third kappa shape index (κ3) is 4.52. The lowest BCUT2D eigenvalue weighted by Crippen LogP contribution is -2.72. The van der Waals surface area contributed by atoms with E-state index in [9.17, 15) is 31.1 Å². The van der Waals surface area contributed by atoms with E-state index in [-0.39, 0.29) is 16.4 Å². The molecule has 0 saturated heterocycles. The Kier molecular flexibility index (Phi) is 6.14. The number of carbonyl (C=O) groups excluding carboxylic acids is 1. The summed E-state index contributed by atoms with van der Waals surface area (Å²) < 4.78 is 84.8. The molecule has 0 fully saturated rings. The van der Waals surface area contributed by atoms with Crippen LogP contribution < -0.4 is 10.6 Å². The molecule has 32 heavy (non-hydrogen) atoms. The lowest BCUT2D eigenvalue weighted by molar-refractivity contribution is -0.294. The number of nitrogens with zero attached hydrogens (tertiary/aromatic N) is 2. The SMILES string of the molecule is Cc1cc(NC(NC(=O)c2ccc(Cl)cc2)(C(F)(F)F)C(F)(F)F)n(-c2ccccc2)n1. The van der Waals surface area contributed by atoms with E-state index in [1.165, 1.54) is 36.5 Å². The van der Waals surface area contributed by atoms with Crippen molar-refractivity contribution >= 4 is 23.3 Å². The fourth-order valence-corrected chi connectivity index (χ4v) is 2.99. The molecule has 0 aliphatic rings. The van der Waals surface area contributed by atoms with Gasteiger partial charge in [-0.25, -0.2) is 4.68 Å². The summed E-state index contributed by atoms with van der Waals surface area (Å²) in [4.78, 5) is 12.4. The molecule has 12 heteroatoms. The number of alkyl halides is 6. The Bertz CT molecular complexity index is 1080. The Morgan fingerprint density at radius 3 is 2.03 bits per heavy atom. The number of benzene rings is 2. The second-order valence-electron chi connectivity index (χ2n) is 6.75. The topological polar surface area (TPSA) is 58.9 Å². The minimum atomic E-state index is -5.98. The number of anilines is 1. The first-order valence-electron chi connectivity index (χ1n) is 8.96. The van der Waals surface area contributed by atoms with E-state index in [0.29, 0.717) is 0 Å². The van der Waals surface area contributed by atoms with E-state index in [1.807, 2.05) is 0 Å². The molecule has 170 valence electrons. The van der Waals surface area contributed by atoms with Gasteiger partial charge in [-0.05, 0) is 43.3 Å². The molecule has 0 aliphatic carbocycles. The highest BCUT2D eigenvalue weighted by molar-refractivity contribution is 6.30. The van der Waals surface area contributed by atoms with Crippen LogP contribution in [-0.2, 0) is 0 Å². The number of rotatable bonds is 5. The van der Waals surface area contributed by atoms with Gasteiger partial charge in [0, 0.05) is 16.7 Å². The van der Waals surface area contributed by atoms with E-state index < -0.39 is 35.3 Å². The van der Waals surface area contributed by atoms with Gasteiger partial charge in [-0.15, -0.1) is 0 Å². The van der Waals surface area contributed by atoms with Crippen LogP contribution in [-0.4, -0.2) is 33.7 Å². The first-order chi connectivity index (χ1) is 14.8. The number of nitrogens with one attached hydrogen (secondary N) is 2. The number of aryl methyl sites for hydroxylation is 1. The molecule has 0 saturated carbocycles. The fraction of sp³-hybridized carbons (Fsp3) is 0.200. The van der Waals surface area contributed by atoms with E-state index in [2.05, 4.69) is 5.10 Å². The molecule has 0 atom stereocenters. The molecule has 5 nitrogen and oxygen atoms in total. The summed E-state index contributed by atoms with van der Waals surface area (Å²) in [5, 5.41) is 6.68. The van der Waals surface area contributed by atoms with Crippen molar-refractivity contribution in [1.29, 1.82) is 0 Å². The first kappa shape index (κ1) is 23.5. The average Bonchev–Trinajstić information content (AvgIpc) is 3.07. The van der Waals surface area contributed by atoms with E-state index in [1.54, 1.807) is 18.2 Å². The van der Waals surface area contributed by atoms with Crippen LogP contribution in [0.15, 0.2) is 60.7 Å². The minimum Gasteiger partial charge on any atom is -0.332 e. The van der Waals surface area contributed by atoms with Crippen LogP contribution in [0.4, 0.5) is 32.2 Å². The van der Waals surface area contributed by atoms with Crippen LogP contribution in [0.25, 0.3) is 5.69 Å². The van der Waals surface area contributed by atoms with E-state index in [4.69, 9.17) is 11.6 Å². The summed E-state index contributed by atoms with van der Waals surface area (Å²) in [6.45, 7) is 1.40. The maximum absolute atomic E-state index is 14.0. The van der Waals surface area contributed by atoms with E-state index >= 15 is 0 Å². The van der Waals surface area contributed by atoms with Crippen molar-refractivity contribution in [2.75, 3.05) is 5.32 Å². The lowest BCUT2D eigenvalue weighted by atomic mass is 10.1. The third-order valence-electron chi connectivity index (χ3n) is 4.41. The van der Waals surface area contributed by atoms with Gasteiger partial charge < -0.3 is 10.6 Å². The molecule has 0 aliphatic heterocycles. The second-order valence-corrected chi connectivity index (χ2v) is 7.19. The van der Waals surface area contributed by atoms with Gasteiger partial charge in [-0.2, -0.15) is 31.4 Å². The highest BCUT2D eigenvalue weighted by atomic mass is 35.5. The van der Waals surface area contributed by atoms with Crippen molar-refractivity contribution in [2.24, 2.45) is 0 Å². The molecule has 0 radical (unpaired) electrons. The summed E-state index contributed by atoms with van der Waals surface area (Å²) in [5.41, 5.74) is -4.89. The van der Waals surface area contributed by atoms with Crippen LogP contribution >= 0.6 is 11.6 Å². The Labute approximate surface area is 183 Å². The Morgan fingerprint density at radius 2 is 1.50 bits per heavy atom. The molecule has 0 spiro atoms. The van der Waals surface area contributed by atoms with Gasteiger partial charge in [0.05, 0.1) is 11.4 Å². The third-order valence-corrected chi connectivity index (χ3v) is 4.66. The molecule has 3 rings (SSSR count). The molecule has 0 bridgehead atoms. The summed E-state index contributed by atoms with van der Waals surface area (Å²) in [7, 11) is 0. The predicted octanol–water partition coefficient (Wildman–Crippen LogP) is 5.50. The average molecular weight is 477 g/mol. The lowest BCUT2D eigenvalue weighted by Gasteiger charge is -2.38. The number of hydrogen-bond donors (Lipinski definition) is 2. The second kappa shape index (κ2) is 8.38. The largest absolute Gasteiger partial charge is 0.439 e. The first-order valence-corrected chi connectivity index (χ1v) is 9.34. The van der Waals surface area contributed by atoms with Crippen molar-refractivity contribution in [3.8, 4) is 5.69 Å². The van der Waals surface area contributed by atoms with Gasteiger partial charge >= 0.3 is 18.0 Å². The zero-order valence-corrected chi connectivity index (χ0v) is 17.0. The van der Waals surface area contributed by atoms with Crippen molar-refractivity contribution < 1.29 is 31.1 Å². The summed E-state index contributed by atoms with van der Waals surface area (Å²) in [5.74, 6) is -2.23. The number of amides is 1. The van der Waals surface area contributed by atoms with Crippen molar-refractivity contribution in [3.05, 3.63) is 76.9 Å². The zero-order chi connectivity index (χ0) is 23.7. The van der Waals surface area contributed by atoms with Crippen LogP contribution in [0.3, 0.4) is 0 Å². The predicted molar refractivity (Wildman–Crippen MR) is 106 cm³/mol. The fourth-order valence-electron chi connectivity index (χ4n) is 2.87. The van der Waals surface area contributed by atoms with Gasteiger partial charge in [0.2, 0.25) is 0 Å². The quantitative estimate of drug-likeness (QED) is 0.378. The van der Waals surface area contributed by atoms with Gasteiger partial charge in [0.1, 0.15) is 5.82 Å². The summed E-state index contributed by atoms with van der Waals surface area (Å²) >= 11 is 5.67. The molecule has 2 N–H and O–H groups in total. The number of para-hydroxylation sites is 1. The molecular weight excluding hydrogens is 462 g/mol. The number of halogens is 7. The van der Waals surface area contributed by atoms with Crippen molar-refractivity contribution in [3.63, 3.8) is 0 Å². The molecule has 0 unspecified atom stereocenters. The molecule has 1 aromatic heterocycles. The number of carbonyl (C=O) groups is 1. The van der Waals surface area contributed by atoms with E-state index in [0.717, 1.165) is 28.2 Å². The number of hydrogen-bond acceptors (Lipinski definition) is 3. The molecular formula is C20H15ClF6N4O. The number of aromatic nitrogens is 2. The highest BCUT2D eigenvalue weighted by Gasteiger charge is 2.73. The standard InChI is InChI=1S/C20H15ClF6N4O/c1-12-11-16(31(30-12)15-5-3-2-4-6-15)28-18(19(22,23)24,20(25,26)27)29-17(32)13-7-9-14(21)10-8-13/h2-11,28H,1H3,(H,29,32). The Hall–Kier alpha value is -3.21. The molecule has 1 amide bonds. The maximum Gasteiger partial charge on any atom is 0.439 e. The smallest absolute Gasteiger partial charge is 0.332 e. The Morgan fingerprint density at radius 1 is 0.938 bits per heavy atom. The van der Waals surface area contributed by atoms with Gasteiger partial charge in [-0.1, -0.05) is 29.8 Å². The van der Waals surface area contributed by atoms with Gasteiger partial charge in [-0.3, -0.25) is 4.79 Å². The zero-order valence-electron chi connectivity index (χ0n) is 16.2. The van der Waals surface area contributed by atoms with Crippen molar-refractivity contribution in [2.45, 2.75) is 24.9 Å². The maximum atomic E-state index is 14.0. The summed E-state index contributed by atoms with van der Waals surface area (Å²) in [6, 6.07) is 13.0. The summed E-state index contributed by atoms with van der Waals surface area (Å²) in [6.07, 6.45) is -12.0. The van der Waals surface area contributed by atoms with Gasteiger partial charge in [0.15, 0.2) is 0 Å². The normalized spacial score (nSPS) is 12.5. The Balaban J connectivity index is 2.11.